The lowest BCUT2D eigenvalue weighted by molar-refractivity contribution is 0.568. The second-order valence-corrected chi connectivity index (χ2v) is 3.86. The van der Waals surface area contributed by atoms with Crippen LogP contribution in [0.3, 0.4) is 0 Å². The van der Waals surface area contributed by atoms with Crippen LogP contribution in [-0.4, -0.2) is 9.97 Å². The zero-order chi connectivity index (χ0) is 12.4. The molecule has 88 valence electrons. The summed E-state index contributed by atoms with van der Waals surface area (Å²) in [7, 11) is 0. The maximum Gasteiger partial charge on any atom is 0.251 e. The van der Waals surface area contributed by atoms with Crippen LogP contribution in [0, 0.1) is 0 Å². The van der Waals surface area contributed by atoms with E-state index in [2.05, 4.69) is 9.97 Å². The van der Waals surface area contributed by atoms with Crippen molar-refractivity contribution in [3.05, 3.63) is 65.3 Å². The first kappa shape index (κ1) is 10.5. The van der Waals surface area contributed by atoms with Gasteiger partial charge in [0.2, 0.25) is 0 Å². The van der Waals surface area contributed by atoms with Crippen LogP contribution in [0.2, 0.25) is 0 Å². The molecule has 0 bridgehead atoms. The van der Waals surface area contributed by atoms with E-state index in [9.17, 15) is 4.79 Å². The van der Waals surface area contributed by atoms with Gasteiger partial charge in [0.15, 0.2) is 0 Å². The van der Waals surface area contributed by atoms with E-state index in [4.69, 9.17) is 4.42 Å². The molecule has 2 heterocycles. The smallest absolute Gasteiger partial charge is 0.251 e. The van der Waals surface area contributed by atoms with Crippen molar-refractivity contribution in [2.75, 3.05) is 0 Å². The first-order chi connectivity index (χ1) is 8.83. The fraction of sp³-hybridized carbons (Fsp3) is 0. The highest BCUT2D eigenvalue weighted by Crippen LogP contribution is 2.19. The number of nitrogens with zero attached hydrogens (tertiary/aromatic N) is 1. The van der Waals surface area contributed by atoms with E-state index in [1.54, 1.807) is 18.6 Å². The molecular formula is C14H10N2O2. The molecule has 0 radical (unpaired) electrons. The molecule has 2 aromatic heterocycles. The molecule has 0 saturated carbocycles. The predicted octanol–water partition coefficient (Wildman–Crippen LogP) is 2.70. The number of furan rings is 1. The zero-order valence-corrected chi connectivity index (χ0v) is 9.46. The van der Waals surface area contributed by atoms with Crippen LogP contribution in [0.25, 0.3) is 22.6 Å². The maximum absolute atomic E-state index is 11.7. The average molecular weight is 238 g/mol. The van der Waals surface area contributed by atoms with Crippen LogP contribution in [-0.2, 0) is 0 Å². The third-order valence-electron chi connectivity index (χ3n) is 2.61. The molecule has 0 aliphatic carbocycles. The standard InChI is InChI=1S/C14H10N2O2/c17-13-8-12(11-6-7-18-9-11)15-14(16-13)10-4-2-1-3-5-10/h1-9H,(H,15,16,17). The van der Waals surface area contributed by atoms with Gasteiger partial charge in [-0.15, -0.1) is 0 Å². The van der Waals surface area contributed by atoms with Crippen LogP contribution < -0.4 is 5.56 Å². The maximum atomic E-state index is 11.7. The molecule has 0 unspecified atom stereocenters. The topological polar surface area (TPSA) is 58.9 Å². The van der Waals surface area contributed by atoms with Crippen LogP contribution in [0.1, 0.15) is 0 Å². The van der Waals surface area contributed by atoms with E-state index >= 15 is 0 Å². The summed E-state index contributed by atoms with van der Waals surface area (Å²) in [5, 5.41) is 0. The number of hydrogen-bond donors (Lipinski definition) is 1. The average Bonchev–Trinajstić information content (AvgIpc) is 2.93. The Morgan fingerprint density at radius 1 is 1.06 bits per heavy atom. The number of benzene rings is 1. The Balaban J connectivity index is 2.15. The summed E-state index contributed by atoms with van der Waals surface area (Å²) in [5.74, 6) is 0.555. The van der Waals surface area contributed by atoms with Crippen LogP contribution in [0.5, 0.6) is 0 Å². The van der Waals surface area contributed by atoms with Crippen molar-refractivity contribution < 1.29 is 4.42 Å². The quantitative estimate of drug-likeness (QED) is 0.746. The summed E-state index contributed by atoms with van der Waals surface area (Å²) in [6, 6.07) is 12.8. The van der Waals surface area contributed by atoms with Gasteiger partial charge >= 0.3 is 0 Å². The lowest BCUT2D eigenvalue weighted by Crippen LogP contribution is -2.08. The molecule has 18 heavy (non-hydrogen) atoms. The van der Waals surface area contributed by atoms with E-state index in [1.165, 1.54) is 6.07 Å². The molecule has 0 aliphatic rings. The van der Waals surface area contributed by atoms with E-state index in [1.807, 2.05) is 30.3 Å². The largest absolute Gasteiger partial charge is 0.472 e. The van der Waals surface area contributed by atoms with Gasteiger partial charge in [-0.05, 0) is 6.07 Å². The Hall–Kier alpha value is -2.62. The molecular weight excluding hydrogens is 228 g/mol. The molecule has 3 aromatic rings. The fourth-order valence-corrected chi connectivity index (χ4v) is 1.75. The molecule has 0 aliphatic heterocycles. The van der Waals surface area contributed by atoms with Gasteiger partial charge in [0.05, 0.1) is 18.2 Å². The number of nitrogens with one attached hydrogen (secondary N) is 1. The van der Waals surface area contributed by atoms with E-state index in [-0.39, 0.29) is 5.56 Å². The second kappa shape index (κ2) is 4.33. The minimum atomic E-state index is -0.181. The minimum Gasteiger partial charge on any atom is -0.472 e. The lowest BCUT2D eigenvalue weighted by Gasteiger charge is -2.02. The van der Waals surface area contributed by atoms with Crippen molar-refractivity contribution in [1.29, 1.82) is 0 Å². The van der Waals surface area contributed by atoms with Crippen molar-refractivity contribution in [3.8, 4) is 22.6 Å². The predicted molar refractivity (Wildman–Crippen MR) is 68.0 cm³/mol. The van der Waals surface area contributed by atoms with Crippen LogP contribution in [0.15, 0.2) is 64.2 Å². The molecule has 0 amide bonds. The molecule has 0 spiro atoms. The van der Waals surface area contributed by atoms with E-state index in [0.29, 0.717) is 11.5 Å². The Morgan fingerprint density at radius 3 is 2.61 bits per heavy atom. The number of aromatic amines is 1. The highest BCUT2D eigenvalue weighted by molar-refractivity contribution is 5.62. The first-order valence-electron chi connectivity index (χ1n) is 5.52. The van der Waals surface area contributed by atoms with E-state index in [0.717, 1.165) is 11.1 Å². The summed E-state index contributed by atoms with van der Waals surface area (Å²) in [4.78, 5) is 18.8. The Morgan fingerprint density at radius 2 is 1.89 bits per heavy atom. The van der Waals surface area contributed by atoms with Crippen LogP contribution >= 0.6 is 0 Å². The molecule has 1 aromatic carbocycles. The number of hydrogen-bond acceptors (Lipinski definition) is 3. The van der Waals surface area contributed by atoms with Gasteiger partial charge in [0, 0.05) is 17.2 Å². The molecule has 4 heteroatoms. The third kappa shape index (κ3) is 1.96. The Labute approximate surface area is 103 Å². The van der Waals surface area contributed by atoms with Gasteiger partial charge in [-0.25, -0.2) is 4.98 Å². The van der Waals surface area contributed by atoms with E-state index < -0.39 is 0 Å². The Bertz CT molecular complexity index is 700. The van der Waals surface area contributed by atoms with Gasteiger partial charge in [0.1, 0.15) is 5.82 Å². The van der Waals surface area contributed by atoms with Gasteiger partial charge in [-0.3, -0.25) is 4.79 Å². The summed E-state index contributed by atoms with van der Waals surface area (Å²) in [5.41, 5.74) is 2.09. The number of aromatic nitrogens is 2. The van der Waals surface area contributed by atoms with Gasteiger partial charge in [0.25, 0.3) is 5.56 Å². The molecule has 1 N–H and O–H groups in total. The molecule has 0 atom stereocenters. The van der Waals surface area contributed by atoms with Crippen molar-refractivity contribution >= 4 is 0 Å². The molecule has 3 rings (SSSR count). The normalized spacial score (nSPS) is 10.4. The molecule has 0 saturated heterocycles. The summed E-state index contributed by atoms with van der Waals surface area (Å²) in [6.07, 6.45) is 3.12. The van der Waals surface area contributed by atoms with Crippen LogP contribution in [0.4, 0.5) is 0 Å². The van der Waals surface area contributed by atoms with Gasteiger partial charge < -0.3 is 9.40 Å². The molecule has 4 nitrogen and oxygen atoms in total. The van der Waals surface area contributed by atoms with Crippen molar-refractivity contribution in [1.82, 2.24) is 9.97 Å². The number of rotatable bonds is 2. The second-order valence-electron chi connectivity index (χ2n) is 3.86. The van der Waals surface area contributed by atoms with Crippen molar-refractivity contribution in [2.24, 2.45) is 0 Å². The van der Waals surface area contributed by atoms with Gasteiger partial charge in [-0.2, -0.15) is 0 Å². The first-order valence-corrected chi connectivity index (χ1v) is 5.52. The highest BCUT2D eigenvalue weighted by Gasteiger charge is 2.06. The zero-order valence-electron chi connectivity index (χ0n) is 9.46. The summed E-state index contributed by atoms with van der Waals surface area (Å²) < 4.78 is 5.00. The summed E-state index contributed by atoms with van der Waals surface area (Å²) in [6.45, 7) is 0. The number of H-pyrrole nitrogens is 1. The van der Waals surface area contributed by atoms with Gasteiger partial charge in [-0.1, -0.05) is 30.3 Å². The van der Waals surface area contributed by atoms with Crippen molar-refractivity contribution in [2.45, 2.75) is 0 Å². The molecule has 0 fully saturated rings. The third-order valence-corrected chi connectivity index (χ3v) is 2.61. The highest BCUT2D eigenvalue weighted by atomic mass is 16.3. The SMILES string of the molecule is O=c1cc(-c2ccoc2)nc(-c2ccccc2)[nH]1. The lowest BCUT2D eigenvalue weighted by atomic mass is 10.2. The Kier molecular flexibility index (Phi) is 2.53. The minimum absolute atomic E-state index is 0.181. The van der Waals surface area contributed by atoms with Crippen molar-refractivity contribution in [3.63, 3.8) is 0 Å². The monoisotopic (exact) mass is 238 g/mol. The summed E-state index contributed by atoms with van der Waals surface area (Å²) >= 11 is 0. The fourth-order valence-electron chi connectivity index (χ4n) is 1.75.